The molecular weight excluding hydrogens is 512 g/mol. The van der Waals surface area contributed by atoms with Crippen molar-refractivity contribution >= 4 is 35.5 Å². The van der Waals surface area contributed by atoms with Crippen LogP contribution in [0.1, 0.15) is 30.5 Å². The number of aromatic hydroxyl groups is 1. The van der Waals surface area contributed by atoms with E-state index in [0.29, 0.717) is 42.8 Å². The number of phenols is 1. The van der Waals surface area contributed by atoms with Gasteiger partial charge in [0.15, 0.2) is 0 Å². The van der Waals surface area contributed by atoms with E-state index in [2.05, 4.69) is 20.6 Å². The highest BCUT2D eigenvalue weighted by atomic mass is 32.2. The van der Waals surface area contributed by atoms with Crippen LogP contribution in [0, 0.1) is 0 Å². The number of aromatic nitrogens is 2. The number of thioether (sulfide) groups is 1. The highest BCUT2D eigenvalue weighted by molar-refractivity contribution is 7.98. The zero-order valence-corrected chi connectivity index (χ0v) is 21.9. The van der Waals surface area contributed by atoms with Crippen LogP contribution in [-0.4, -0.2) is 91.5 Å². The third kappa shape index (κ3) is 7.96. The van der Waals surface area contributed by atoms with Crippen molar-refractivity contribution in [3.8, 4) is 5.75 Å². The van der Waals surface area contributed by atoms with Crippen LogP contribution in [0.15, 0.2) is 36.8 Å². The highest BCUT2D eigenvalue weighted by Crippen LogP contribution is 2.21. The number of carbonyl (C=O) groups excluding carboxylic acids is 3. The van der Waals surface area contributed by atoms with Crippen LogP contribution in [0.25, 0.3) is 0 Å². The molecule has 1 aromatic carbocycles. The lowest BCUT2D eigenvalue weighted by molar-refractivity contribution is -0.144. The second-order valence-electron chi connectivity index (χ2n) is 9.19. The molecule has 206 valence electrons. The molecule has 1 aliphatic heterocycles. The van der Waals surface area contributed by atoms with Gasteiger partial charge in [0, 0.05) is 31.3 Å². The molecule has 1 aromatic heterocycles. The molecular formula is C25H34N6O6S. The topological polar surface area (TPSA) is 191 Å². The molecule has 4 unspecified atom stereocenters. The molecule has 0 spiro atoms. The van der Waals surface area contributed by atoms with Gasteiger partial charge < -0.3 is 36.5 Å². The number of aliphatic carboxylic acids is 1. The average Bonchev–Trinajstić information content (AvgIpc) is 3.59. The Labute approximate surface area is 224 Å². The summed E-state index contributed by atoms with van der Waals surface area (Å²) in [4.78, 5) is 59.5. The number of imidazole rings is 1. The number of nitrogens with two attached hydrogens (primary N) is 1. The third-order valence-corrected chi connectivity index (χ3v) is 7.03. The van der Waals surface area contributed by atoms with E-state index in [9.17, 15) is 29.4 Å². The minimum absolute atomic E-state index is 0.0165. The van der Waals surface area contributed by atoms with Gasteiger partial charge in [0.2, 0.25) is 17.7 Å². The van der Waals surface area contributed by atoms with Crippen LogP contribution in [0.4, 0.5) is 0 Å². The monoisotopic (exact) mass is 546 g/mol. The number of H-pyrrole nitrogens is 1. The Hall–Kier alpha value is -3.58. The standard InChI is InChI=1S/C25H34N6O6S/c1-38-10-8-19(29-22(33)18(26)12-16-13-27-14-28-16)24(35)31-9-2-3-21(31)23(34)30-20(25(36)37)11-15-4-6-17(32)7-5-15/h4-7,13-14,18-21,32H,2-3,8-12,26H2,1H3,(H,27,28)(H,29,33)(H,30,34)(H,36,37). The third-order valence-electron chi connectivity index (χ3n) is 6.39. The summed E-state index contributed by atoms with van der Waals surface area (Å²) in [6.45, 7) is 0.318. The molecule has 0 bridgehead atoms. The van der Waals surface area contributed by atoms with Crippen LogP contribution >= 0.6 is 11.8 Å². The highest BCUT2D eigenvalue weighted by Gasteiger charge is 2.39. The van der Waals surface area contributed by atoms with Crippen molar-refractivity contribution in [1.82, 2.24) is 25.5 Å². The number of hydrogen-bond acceptors (Lipinski definition) is 8. The summed E-state index contributed by atoms with van der Waals surface area (Å²) in [5.74, 6) is -2.00. The van der Waals surface area contributed by atoms with E-state index in [1.165, 1.54) is 35.1 Å². The fourth-order valence-electron chi connectivity index (χ4n) is 4.34. The quantitative estimate of drug-likeness (QED) is 0.201. The van der Waals surface area contributed by atoms with Crippen molar-refractivity contribution in [2.75, 3.05) is 18.6 Å². The number of nitrogens with zero attached hydrogens (tertiary/aromatic N) is 2. The number of hydrogen-bond donors (Lipinski definition) is 6. The zero-order valence-electron chi connectivity index (χ0n) is 21.1. The van der Waals surface area contributed by atoms with Gasteiger partial charge in [-0.15, -0.1) is 0 Å². The summed E-state index contributed by atoms with van der Waals surface area (Å²) in [5, 5.41) is 24.4. The lowest BCUT2D eigenvalue weighted by Gasteiger charge is -2.30. The second kappa shape index (κ2) is 13.8. The molecule has 0 saturated carbocycles. The van der Waals surface area contributed by atoms with Crippen LogP contribution in [-0.2, 0) is 32.0 Å². The van der Waals surface area contributed by atoms with E-state index in [1.807, 2.05) is 6.26 Å². The van der Waals surface area contributed by atoms with Gasteiger partial charge in [0.05, 0.1) is 12.4 Å². The fourth-order valence-corrected chi connectivity index (χ4v) is 4.81. The van der Waals surface area contributed by atoms with Crippen molar-refractivity contribution in [3.63, 3.8) is 0 Å². The van der Waals surface area contributed by atoms with Gasteiger partial charge in [0.25, 0.3) is 0 Å². The molecule has 13 heteroatoms. The van der Waals surface area contributed by atoms with Gasteiger partial charge in [-0.3, -0.25) is 14.4 Å². The predicted octanol–water partition coefficient (Wildman–Crippen LogP) is 0.0261. The summed E-state index contributed by atoms with van der Waals surface area (Å²) in [6.07, 6.45) is 6.50. The van der Waals surface area contributed by atoms with E-state index < -0.39 is 47.9 Å². The van der Waals surface area contributed by atoms with Gasteiger partial charge in [-0.05, 0) is 49.0 Å². The zero-order chi connectivity index (χ0) is 27.7. The maximum Gasteiger partial charge on any atom is 0.326 e. The smallest absolute Gasteiger partial charge is 0.326 e. The van der Waals surface area contributed by atoms with E-state index in [4.69, 9.17) is 5.73 Å². The van der Waals surface area contributed by atoms with Crippen LogP contribution in [0.5, 0.6) is 5.75 Å². The number of carbonyl (C=O) groups is 4. The van der Waals surface area contributed by atoms with Gasteiger partial charge >= 0.3 is 5.97 Å². The van der Waals surface area contributed by atoms with Crippen molar-refractivity contribution in [2.24, 2.45) is 5.73 Å². The van der Waals surface area contributed by atoms with Crippen LogP contribution < -0.4 is 16.4 Å². The summed E-state index contributed by atoms with van der Waals surface area (Å²) >= 11 is 1.52. The minimum Gasteiger partial charge on any atom is -0.508 e. The van der Waals surface area contributed by atoms with E-state index in [-0.39, 0.29) is 18.6 Å². The number of benzene rings is 1. The van der Waals surface area contributed by atoms with Crippen LogP contribution in [0.2, 0.25) is 0 Å². The lowest BCUT2D eigenvalue weighted by atomic mass is 10.0. The summed E-state index contributed by atoms with van der Waals surface area (Å²) < 4.78 is 0. The Morgan fingerprint density at radius 2 is 1.92 bits per heavy atom. The molecule has 4 atom stereocenters. The number of phenolic OH excluding ortho intramolecular Hbond substituents is 1. The molecule has 2 heterocycles. The van der Waals surface area contributed by atoms with Crippen molar-refractivity contribution in [2.45, 2.75) is 56.3 Å². The fraction of sp³-hybridized carbons (Fsp3) is 0.480. The predicted molar refractivity (Wildman–Crippen MR) is 141 cm³/mol. The van der Waals surface area contributed by atoms with E-state index in [0.717, 1.165) is 0 Å². The van der Waals surface area contributed by atoms with E-state index >= 15 is 0 Å². The average molecular weight is 547 g/mol. The second-order valence-corrected chi connectivity index (χ2v) is 10.2. The molecule has 38 heavy (non-hydrogen) atoms. The first-order chi connectivity index (χ1) is 18.2. The first-order valence-corrected chi connectivity index (χ1v) is 13.7. The molecule has 3 amide bonds. The maximum absolute atomic E-state index is 13.5. The molecule has 1 fully saturated rings. The van der Waals surface area contributed by atoms with Crippen molar-refractivity contribution in [1.29, 1.82) is 0 Å². The van der Waals surface area contributed by atoms with Gasteiger partial charge in [-0.2, -0.15) is 11.8 Å². The molecule has 1 saturated heterocycles. The Morgan fingerprint density at radius 1 is 1.18 bits per heavy atom. The first kappa shape index (κ1) is 29.0. The lowest BCUT2D eigenvalue weighted by Crippen LogP contribution is -2.57. The molecule has 7 N–H and O–H groups in total. The number of carboxylic acid groups (broad SMARTS) is 1. The largest absolute Gasteiger partial charge is 0.508 e. The summed E-state index contributed by atoms with van der Waals surface area (Å²) in [7, 11) is 0. The number of rotatable bonds is 13. The number of aromatic amines is 1. The molecule has 1 aliphatic rings. The minimum atomic E-state index is -1.21. The Balaban J connectivity index is 1.66. The summed E-state index contributed by atoms with van der Waals surface area (Å²) in [6, 6.07) is 2.22. The summed E-state index contributed by atoms with van der Waals surface area (Å²) in [5.41, 5.74) is 7.36. The molecule has 12 nitrogen and oxygen atoms in total. The van der Waals surface area contributed by atoms with Gasteiger partial charge in [-0.1, -0.05) is 12.1 Å². The normalized spacial score (nSPS) is 17.4. The Kier molecular flexibility index (Phi) is 10.5. The van der Waals surface area contributed by atoms with Crippen molar-refractivity contribution < 1.29 is 29.4 Å². The number of likely N-dealkylation sites (tertiary alicyclic amines) is 1. The van der Waals surface area contributed by atoms with Gasteiger partial charge in [0.1, 0.15) is 23.9 Å². The molecule has 2 aromatic rings. The SMILES string of the molecule is CSCCC(NC(=O)C(N)Cc1cnc[nH]1)C(=O)N1CCCC1C(=O)NC(Cc1ccc(O)cc1)C(=O)O. The van der Waals surface area contributed by atoms with Gasteiger partial charge in [-0.25, -0.2) is 9.78 Å². The van der Waals surface area contributed by atoms with Crippen molar-refractivity contribution in [3.05, 3.63) is 48.0 Å². The Morgan fingerprint density at radius 3 is 2.55 bits per heavy atom. The van der Waals surface area contributed by atoms with Crippen LogP contribution in [0.3, 0.4) is 0 Å². The molecule has 0 radical (unpaired) electrons. The first-order valence-electron chi connectivity index (χ1n) is 12.3. The molecule has 3 rings (SSSR count). The molecule has 0 aliphatic carbocycles. The number of carboxylic acids is 1. The number of nitrogens with one attached hydrogen (secondary N) is 3. The van der Waals surface area contributed by atoms with E-state index in [1.54, 1.807) is 18.3 Å². The Bertz CT molecular complexity index is 1100. The number of amides is 3. The maximum atomic E-state index is 13.5.